The number of nitrogens with zero attached hydrogens (tertiary/aromatic N) is 7. The van der Waals surface area contributed by atoms with Crippen molar-refractivity contribution < 1.29 is 4.79 Å². The van der Waals surface area contributed by atoms with E-state index in [1.54, 1.807) is 4.52 Å². The fraction of sp³-hybridized carbons (Fsp3) is 0.650. The number of carbonyl (C=O) groups is 1. The third-order valence-electron chi connectivity index (χ3n) is 6.39. The van der Waals surface area contributed by atoms with Crippen molar-refractivity contribution in [2.45, 2.75) is 77.3 Å². The largest absolute Gasteiger partial charge is 0.351 e. The van der Waals surface area contributed by atoms with Crippen LogP contribution in [0, 0.1) is 13.8 Å². The topological polar surface area (TPSA) is 107 Å². The highest BCUT2D eigenvalue weighted by molar-refractivity contribution is 6.17. The Hall–Kier alpha value is -2.42. The molecule has 30 heavy (non-hydrogen) atoms. The minimum Gasteiger partial charge on any atom is -0.351 e. The Morgan fingerprint density at radius 2 is 2.00 bits per heavy atom. The summed E-state index contributed by atoms with van der Waals surface area (Å²) in [5, 5.41) is 12.0. The van der Waals surface area contributed by atoms with Crippen molar-refractivity contribution in [1.82, 2.24) is 34.5 Å². The van der Waals surface area contributed by atoms with Crippen molar-refractivity contribution in [2.75, 3.05) is 6.54 Å². The van der Waals surface area contributed by atoms with Crippen molar-refractivity contribution in [3.05, 3.63) is 17.1 Å². The van der Waals surface area contributed by atoms with Gasteiger partial charge in [-0.05, 0) is 55.5 Å². The number of unbranched alkanes of at least 4 members (excludes halogenated alkanes) is 1. The van der Waals surface area contributed by atoms with Gasteiger partial charge in [-0.15, -0.1) is 16.7 Å². The summed E-state index contributed by atoms with van der Waals surface area (Å²) in [5.74, 6) is 1.13. The van der Waals surface area contributed by atoms with Crippen molar-refractivity contribution in [3.8, 4) is 0 Å². The molecule has 3 aromatic heterocycles. The summed E-state index contributed by atoms with van der Waals surface area (Å²) in [4.78, 5) is 18.6. The van der Waals surface area contributed by atoms with Crippen molar-refractivity contribution >= 4 is 34.3 Å². The third-order valence-corrected chi connectivity index (χ3v) is 6.63. The van der Waals surface area contributed by atoms with E-state index in [1.165, 1.54) is 19.3 Å². The number of urea groups is 1. The highest BCUT2D eigenvalue weighted by Gasteiger charge is 2.24. The zero-order valence-electron chi connectivity index (χ0n) is 17.6. The van der Waals surface area contributed by atoms with E-state index in [1.807, 2.05) is 11.8 Å². The first-order chi connectivity index (χ1) is 14.5. The van der Waals surface area contributed by atoms with Gasteiger partial charge in [-0.1, -0.05) is 19.3 Å². The molecule has 0 aliphatic heterocycles. The molecule has 1 saturated carbocycles. The lowest BCUT2D eigenvalue weighted by Crippen LogP contribution is -2.45. The van der Waals surface area contributed by atoms with Gasteiger partial charge in [-0.3, -0.25) is 0 Å². The number of aromatic nitrogens is 6. The second kappa shape index (κ2) is 8.75. The number of imidazole rings is 1. The number of fused-ring (bicyclic) bond motifs is 3. The molecule has 3 aromatic rings. The lowest BCUT2D eigenvalue weighted by atomic mass is 9.94. The van der Waals surface area contributed by atoms with E-state index in [4.69, 9.17) is 22.3 Å². The molecular weight excluding hydrogens is 404 g/mol. The number of primary amides is 1. The Morgan fingerprint density at radius 1 is 1.23 bits per heavy atom. The Bertz CT molecular complexity index is 1050. The number of hydrogen-bond acceptors (Lipinski definition) is 5. The normalized spacial score (nSPS) is 15.3. The molecular formula is C20H29ClN8O. The standard InChI is InChI=1S/C20H29ClN8O/c1-13-14(2)29-19(24-25-26-29)17-18(13)28(16(12-21)23-17)11-7-6-10-27(20(22)30)15-8-4-3-5-9-15/h15H,3-12H2,1-2H3,(H2,22,30). The Labute approximate surface area is 180 Å². The maximum Gasteiger partial charge on any atom is 0.315 e. The summed E-state index contributed by atoms with van der Waals surface area (Å²) in [7, 11) is 0. The van der Waals surface area contributed by atoms with Crippen LogP contribution < -0.4 is 5.73 Å². The van der Waals surface area contributed by atoms with Gasteiger partial charge in [0.15, 0.2) is 0 Å². The summed E-state index contributed by atoms with van der Waals surface area (Å²) in [6.07, 6.45) is 7.52. The van der Waals surface area contributed by atoms with E-state index in [2.05, 4.69) is 27.0 Å². The van der Waals surface area contributed by atoms with Crippen molar-refractivity contribution in [1.29, 1.82) is 0 Å². The summed E-state index contributed by atoms with van der Waals surface area (Å²) < 4.78 is 3.90. The molecule has 9 nitrogen and oxygen atoms in total. The number of tetrazole rings is 1. The van der Waals surface area contributed by atoms with Crippen LogP contribution in [0.4, 0.5) is 4.79 Å². The van der Waals surface area contributed by atoms with Gasteiger partial charge < -0.3 is 15.2 Å². The van der Waals surface area contributed by atoms with Gasteiger partial charge in [0, 0.05) is 24.8 Å². The maximum atomic E-state index is 12.0. The van der Waals surface area contributed by atoms with Crippen LogP contribution in [-0.2, 0) is 12.4 Å². The summed E-state index contributed by atoms with van der Waals surface area (Å²) in [6.45, 7) is 5.53. The van der Waals surface area contributed by atoms with Crippen LogP contribution in [0.5, 0.6) is 0 Å². The molecule has 0 bridgehead atoms. The van der Waals surface area contributed by atoms with Gasteiger partial charge in [0.25, 0.3) is 0 Å². The van der Waals surface area contributed by atoms with Gasteiger partial charge >= 0.3 is 6.03 Å². The van der Waals surface area contributed by atoms with Crippen LogP contribution in [-0.4, -0.2) is 53.1 Å². The first kappa shape index (κ1) is 20.8. The van der Waals surface area contributed by atoms with Crippen LogP contribution in [0.2, 0.25) is 0 Å². The number of amides is 2. The van der Waals surface area contributed by atoms with Gasteiger partial charge in [0.05, 0.1) is 11.4 Å². The minimum absolute atomic E-state index is 0.294. The molecule has 4 rings (SSSR count). The molecule has 0 spiro atoms. The molecule has 0 saturated heterocycles. The molecule has 0 radical (unpaired) electrons. The summed E-state index contributed by atoms with van der Waals surface area (Å²) in [5.41, 5.74) is 10.2. The van der Waals surface area contributed by atoms with Gasteiger partial charge in [-0.2, -0.15) is 4.52 Å². The molecule has 3 heterocycles. The number of rotatable bonds is 7. The van der Waals surface area contributed by atoms with E-state index >= 15 is 0 Å². The zero-order chi connectivity index (χ0) is 21.3. The van der Waals surface area contributed by atoms with Crippen LogP contribution in [0.3, 0.4) is 0 Å². The molecule has 162 valence electrons. The smallest absolute Gasteiger partial charge is 0.315 e. The van der Waals surface area contributed by atoms with E-state index in [9.17, 15) is 4.79 Å². The monoisotopic (exact) mass is 432 g/mol. The van der Waals surface area contributed by atoms with Crippen LogP contribution in [0.15, 0.2) is 0 Å². The van der Waals surface area contributed by atoms with Gasteiger partial charge in [-0.25, -0.2) is 9.78 Å². The Kier molecular flexibility index (Phi) is 6.08. The van der Waals surface area contributed by atoms with Crippen molar-refractivity contribution in [3.63, 3.8) is 0 Å². The first-order valence-electron chi connectivity index (χ1n) is 10.7. The van der Waals surface area contributed by atoms with Crippen LogP contribution >= 0.6 is 11.6 Å². The number of pyridine rings is 1. The number of hydrogen-bond donors (Lipinski definition) is 1. The predicted molar refractivity (Wildman–Crippen MR) is 116 cm³/mol. The summed E-state index contributed by atoms with van der Waals surface area (Å²) in [6, 6.07) is -0.00746. The highest BCUT2D eigenvalue weighted by atomic mass is 35.5. The molecule has 1 fully saturated rings. The van der Waals surface area contributed by atoms with Crippen LogP contribution in [0.1, 0.15) is 62.0 Å². The zero-order valence-corrected chi connectivity index (χ0v) is 18.4. The third kappa shape index (κ3) is 3.71. The maximum absolute atomic E-state index is 12.0. The molecule has 1 aliphatic rings. The SMILES string of the molecule is Cc1c(C)n2nnnc2c2nc(CCl)n(CCCCN(C(N)=O)C3CCCCC3)c12. The quantitative estimate of drug-likeness (QED) is 0.455. The van der Waals surface area contributed by atoms with Gasteiger partial charge in [0.1, 0.15) is 11.3 Å². The number of nitrogens with two attached hydrogens (primary N) is 1. The second-order valence-corrected chi connectivity index (χ2v) is 8.43. The van der Waals surface area contributed by atoms with Gasteiger partial charge in [0.2, 0.25) is 5.65 Å². The fourth-order valence-electron chi connectivity index (χ4n) is 4.69. The minimum atomic E-state index is -0.301. The first-order valence-corrected chi connectivity index (χ1v) is 11.2. The highest BCUT2D eigenvalue weighted by Crippen LogP contribution is 2.27. The number of aryl methyl sites for hydroxylation is 3. The molecule has 0 unspecified atom stereocenters. The second-order valence-electron chi connectivity index (χ2n) is 8.17. The van der Waals surface area contributed by atoms with E-state index in [0.717, 1.165) is 60.3 Å². The average molecular weight is 433 g/mol. The number of carbonyl (C=O) groups excluding carboxylic acids is 1. The average Bonchev–Trinajstić information content (AvgIpc) is 3.37. The number of alkyl halides is 1. The predicted octanol–water partition coefficient (Wildman–Crippen LogP) is 3.32. The molecule has 0 atom stereocenters. The van der Waals surface area contributed by atoms with E-state index in [-0.39, 0.29) is 6.03 Å². The molecule has 1 aliphatic carbocycles. The van der Waals surface area contributed by atoms with Crippen LogP contribution in [0.25, 0.3) is 16.7 Å². The molecule has 2 amide bonds. The summed E-state index contributed by atoms with van der Waals surface area (Å²) >= 11 is 6.22. The Balaban J connectivity index is 1.52. The van der Waals surface area contributed by atoms with E-state index in [0.29, 0.717) is 24.1 Å². The number of halogens is 1. The van der Waals surface area contributed by atoms with E-state index < -0.39 is 0 Å². The Morgan fingerprint density at radius 3 is 2.70 bits per heavy atom. The molecule has 2 N–H and O–H groups in total. The lowest BCUT2D eigenvalue weighted by Gasteiger charge is -2.33. The van der Waals surface area contributed by atoms with Crippen molar-refractivity contribution in [2.24, 2.45) is 5.73 Å². The lowest BCUT2D eigenvalue weighted by molar-refractivity contribution is 0.161. The molecule has 10 heteroatoms. The fourth-order valence-corrected chi connectivity index (χ4v) is 4.89. The molecule has 0 aromatic carbocycles.